The van der Waals surface area contributed by atoms with E-state index in [1.807, 2.05) is 24.3 Å². The normalized spacial score (nSPS) is 12.0. The highest BCUT2D eigenvalue weighted by Gasteiger charge is 2.24. The lowest BCUT2D eigenvalue weighted by molar-refractivity contribution is 0.979. The van der Waals surface area contributed by atoms with E-state index in [1.165, 1.54) is 115 Å². The molecule has 0 atom stereocenters. The number of benzene rings is 16. The summed E-state index contributed by atoms with van der Waals surface area (Å²) < 4.78 is 13.8. The maximum absolute atomic E-state index is 5.34. The molecular formula is C100H62N10. The Morgan fingerprint density at radius 2 is 0.445 bits per heavy atom. The van der Waals surface area contributed by atoms with Crippen molar-refractivity contribution in [2.45, 2.75) is 0 Å². The highest BCUT2D eigenvalue weighted by atomic mass is 15.2. The summed E-state index contributed by atoms with van der Waals surface area (Å²) in [7, 11) is 0. The molecule has 24 aromatic rings. The Morgan fingerprint density at radius 1 is 0.155 bits per heavy atom. The Hall–Kier alpha value is -15.0. The van der Waals surface area contributed by atoms with Crippen LogP contribution in [0.5, 0.6) is 0 Å². The number of nitrogens with zero attached hydrogens (tertiary/aromatic N) is 10. The second-order valence-electron chi connectivity index (χ2n) is 28.5. The molecule has 0 aliphatic heterocycles. The average molecular weight is 1400 g/mol. The lowest BCUT2D eigenvalue weighted by Crippen LogP contribution is -2.06. The predicted molar refractivity (Wildman–Crippen MR) is 455 cm³/mol. The van der Waals surface area contributed by atoms with Crippen LogP contribution in [0.15, 0.2) is 376 Å². The van der Waals surface area contributed by atoms with Crippen LogP contribution in [0.3, 0.4) is 0 Å². The van der Waals surface area contributed by atoms with Crippen molar-refractivity contribution in [3.8, 4) is 67.8 Å². The summed E-state index contributed by atoms with van der Waals surface area (Å²) in [6.45, 7) is 0. The topological polar surface area (TPSA) is 80.1 Å². The molecule has 16 aromatic carbocycles. The highest BCUT2D eigenvalue weighted by molar-refractivity contribution is 6.15. The largest absolute Gasteiger partial charge is 0.309 e. The summed E-state index contributed by atoms with van der Waals surface area (Å²) in [5.41, 5.74) is 28.7. The third kappa shape index (κ3) is 9.42. The van der Waals surface area contributed by atoms with Crippen molar-refractivity contribution in [1.29, 1.82) is 0 Å². The van der Waals surface area contributed by atoms with Crippen molar-refractivity contribution in [3.63, 3.8) is 0 Å². The number of hydrogen-bond acceptors (Lipinski definition) is 4. The van der Waals surface area contributed by atoms with Crippen molar-refractivity contribution >= 4 is 142 Å². The van der Waals surface area contributed by atoms with E-state index in [-0.39, 0.29) is 0 Å². The zero-order chi connectivity index (χ0) is 72.1. The lowest BCUT2D eigenvalue weighted by Gasteiger charge is -2.12. The van der Waals surface area contributed by atoms with Crippen LogP contribution < -0.4 is 0 Å². The van der Waals surface area contributed by atoms with Crippen molar-refractivity contribution in [3.05, 3.63) is 376 Å². The van der Waals surface area contributed by atoms with Gasteiger partial charge in [0, 0.05) is 65.2 Å². The molecular weight excluding hydrogens is 1340 g/mol. The van der Waals surface area contributed by atoms with E-state index in [0.29, 0.717) is 0 Å². The molecule has 8 aromatic heterocycles. The maximum Gasteiger partial charge on any atom is 0.221 e. The lowest BCUT2D eigenvalue weighted by atomic mass is 9.97. The quantitative estimate of drug-likeness (QED) is 0.152. The molecule has 0 amide bonds. The minimum Gasteiger partial charge on any atom is -0.309 e. The van der Waals surface area contributed by atoms with Gasteiger partial charge >= 0.3 is 0 Å². The van der Waals surface area contributed by atoms with Crippen LogP contribution in [-0.4, -0.2) is 47.0 Å². The van der Waals surface area contributed by atoms with Gasteiger partial charge in [-0.3, -0.25) is 17.9 Å². The fraction of sp³-hybridized carbons (Fsp3) is 0. The van der Waals surface area contributed by atoms with Crippen LogP contribution >= 0.6 is 0 Å². The Labute approximate surface area is 629 Å². The standard InChI is InChI=1S/2C50H31N5/c1-2-15-36(16-3-1)53-44-22-9-5-17-37(44)40-30-34(25-27-46(40)53)32-13-12-14-33(29-32)35-26-28-47-41(31-35)38-18-6-10-23-45(38)54(47)50-52-42-20-7-4-19-39(42)49-51-43-21-8-11-24-48(43)55(49)50;1-2-12-36(13-3-1)53-44-19-9-5-14-37(44)39-28-26-35(31-48(39)53)33-24-22-32(23-25-33)34-27-29-46-41(30-34)38-15-6-10-20-45(38)54(46)50-52-42-17-7-4-16-40(42)49-51-43-18-8-11-21-47(43)55(49)50/h2*1-31H. The Kier molecular flexibility index (Phi) is 13.5. The van der Waals surface area contributed by atoms with Crippen molar-refractivity contribution in [1.82, 2.24) is 47.0 Å². The number of hydrogen-bond donors (Lipinski definition) is 0. The second-order valence-corrected chi connectivity index (χ2v) is 28.5. The molecule has 10 nitrogen and oxygen atoms in total. The SMILES string of the molecule is c1ccc(-n2c3ccccc3c3cc(-c4cccc(-c5ccc6c(c5)c5ccccc5n6-c5nc6ccccc6c6nc7ccccc7n56)c4)ccc32)cc1.c1ccc(-n2c3ccccc3c3ccc(-c4ccc(-c5ccc6c(c5)c5ccccc5n6-c5nc6ccccc6c6nc7ccccc7n56)cc4)cc32)cc1. The first kappa shape index (κ1) is 61.3. The van der Waals surface area contributed by atoms with Gasteiger partial charge < -0.3 is 9.13 Å². The van der Waals surface area contributed by atoms with Gasteiger partial charge in [-0.25, -0.2) is 19.9 Å². The van der Waals surface area contributed by atoms with Crippen LogP contribution in [0.1, 0.15) is 0 Å². The van der Waals surface area contributed by atoms with Gasteiger partial charge in [-0.15, -0.1) is 0 Å². The van der Waals surface area contributed by atoms with Crippen LogP contribution in [0.2, 0.25) is 0 Å². The van der Waals surface area contributed by atoms with Crippen LogP contribution in [0.4, 0.5) is 0 Å². The fourth-order valence-electron chi connectivity index (χ4n) is 17.4. The molecule has 24 rings (SSSR count). The minimum absolute atomic E-state index is 0.826. The Balaban J connectivity index is 0.000000132. The average Bonchev–Trinajstić information content (AvgIpc) is 1.56. The summed E-state index contributed by atoms with van der Waals surface area (Å²) >= 11 is 0. The van der Waals surface area contributed by atoms with E-state index in [9.17, 15) is 0 Å². The van der Waals surface area contributed by atoms with Gasteiger partial charge in [0.05, 0.1) is 77.2 Å². The third-order valence-corrected chi connectivity index (χ3v) is 22.5. The first-order valence-corrected chi connectivity index (χ1v) is 37.3. The highest BCUT2D eigenvalue weighted by Crippen LogP contribution is 2.43. The van der Waals surface area contributed by atoms with Crippen LogP contribution in [-0.2, 0) is 0 Å². The van der Waals surface area contributed by atoms with Gasteiger partial charge in [0.2, 0.25) is 11.9 Å². The van der Waals surface area contributed by atoms with Gasteiger partial charge in [-0.1, -0.05) is 231 Å². The van der Waals surface area contributed by atoms with Gasteiger partial charge in [0.25, 0.3) is 0 Å². The van der Waals surface area contributed by atoms with Crippen molar-refractivity contribution < 1.29 is 0 Å². The molecule has 110 heavy (non-hydrogen) atoms. The minimum atomic E-state index is 0.826. The van der Waals surface area contributed by atoms with E-state index >= 15 is 0 Å². The first-order chi connectivity index (χ1) is 54.6. The first-order valence-electron chi connectivity index (χ1n) is 37.3. The van der Waals surface area contributed by atoms with Crippen molar-refractivity contribution in [2.75, 3.05) is 0 Å². The molecule has 0 bridgehead atoms. The summed E-state index contributed by atoms with van der Waals surface area (Å²) in [5.74, 6) is 1.65. The Morgan fingerprint density at radius 3 is 0.891 bits per heavy atom. The van der Waals surface area contributed by atoms with Gasteiger partial charge in [0.1, 0.15) is 11.3 Å². The molecule has 0 aliphatic rings. The monoisotopic (exact) mass is 1400 g/mol. The summed E-state index contributed by atoms with van der Waals surface area (Å²) in [6, 6.07) is 135. The molecule has 10 heteroatoms. The Bertz CT molecular complexity index is 7910. The molecule has 8 heterocycles. The zero-order valence-electron chi connectivity index (χ0n) is 59.3. The predicted octanol–water partition coefficient (Wildman–Crippen LogP) is 25.1. The van der Waals surface area contributed by atoms with Crippen LogP contribution in [0.25, 0.3) is 210 Å². The number of aromatic nitrogens is 10. The molecule has 0 saturated heterocycles. The number of rotatable bonds is 8. The van der Waals surface area contributed by atoms with E-state index in [1.54, 1.807) is 0 Å². The third-order valence-electron chi connectivity index (χ3n) is 22.5. The summed E-state index contributed by atoms with van der Waals surface area (Å²) in [4.78, 5) is 20.9. The fourth-order valence-corrected chi connectivity index (χ4v) is 17.4. The molecule has 0 aliphatic carbocycles. The van der Waals surface area contributed by atoms with Crippen molar-refractivity contribution in [2.24, 2.45) is 0 Å². The summed E-state index contributed by atoms with van der Waals surface area (Å²) in [6.07, 6.45) is 0. The molecule has 512 valence electrons. The van der Waals surface area contributed by atoms with E-state index in [4.69, 9.17) is 19.9 Å². The zero-order valence-corrected chi connectivity index (χ0v) is 59.3. The van der Waals surface area contributed by atoms with Gasteiger partial charge in [0.15, 0.2) is 0 Å². The smallest absolute Gasteiger partial charge is 0.221 e. The molecule has 0 saturated carbocycles. The van der Waals surface area contributed by atoms with Gasteiger partial charge in [-0.05, 0) is 190 Å². The molecule has 0 unspecified atom stereocenters. The maximum atomic E-state index is 5.34. The number of imidazole rings is 2. The molecule has 0 spiro atoms. The molecule has 0 radical (unpaired) electrons. The van der Waals surface area contributed by atoms with E-state index < -0.39 is 0 Å². The van der Waals surface area contributed by atoms with E-state index in [0.717, 1.165) is 94.8 Å². The van der Waals surface area contributed by atoms with Crippen LogP contribution in [0, 0.1) is 0 Å². The van der Waals surface area contributed by atoms with Gasteiger partial charge in [-0.2, -0.15) is 0 Å². The molecule has 0 N–H and O–H groups in total. The second kappa shape index (κ2) is 24.3. The number of fused-ring (bicyclic) bond motifs is 22. The molecule has 0 fully saturated rings. The summed E-state index contributed by atoms with van der Waals surface area (Å²) in [5, 5.41) is 11.8. The van der Waals surface area contributed by atoms with E-state index in [2.05, 4.69) is 379 Å². The number of para-hydroxylation sites is 12.